The second-order valence-corrected chi connectivity index (χ2v) is 6.52. The van der Waals surface area contributed by atoms with Crippen LogP contribution in [0.25, 0.3) is 0 Å². The van der Waals surface area contributed by atoms with Crippen LogP contribution < -0.4 is 5.32 Å². The van der Waals surface area contributed by atoms with Gasteiger partial charge in [0, 0.05) is 30.4 Å². The monoisotopic (exact) mass is 351 g/mol. The number of ether oxygens (including phenoxy) is 1. The molecular formula is C22H22FNO2. The van der Waals surface area contributed by atoms with E-state index >= 15 is 0 Å². The van der Waals surface area contributed by atoms with E-state index in [2.05, 4.69) is 17.2 Å². The number of carbonyl (C=O) groups excluding carboxylic acids is 1. The Kier molecular flexibility index (Phi) is 6.04. The number of carbonyl (C=O) groups is 1. The zero-order chi connectivity index (χ0) is 18.4. The maximum atomic E-state index is 13.6. The van der Waals surface area contributed by atoms with Crippen molar-refractivity contribution < 1.29 is 13.9 Å². The van der Waals surface area contributed by atoms with Gasteiger partial charge in [-0.2, -0.15) is 0 Å². The van der Waals surface area contributed by atoms with Crippen molar-refractivity contribution in [2.75, 3.05) is 13.2 Å². The lowest BCUT2D eigenvalue weighted by atomic mass is 9.93. The molecule has 2 aromatic carbocycles. The van der Waals surface area contributed by atoms with E-state index in [0.717, 1.165) is 31.6 Å². The van der Waals surface area contributed by atoms with Crippen LogP contribution in [0.4, 0.5) is 4.39 Å². The Morgan fingerprint density at radius 2 is 1.81 bits per heavy atom. The van der Waals surface area contributed by atoms with Crippen LogP contribution in [0.5, 0.6) is 0 Å². The molecule has 1 fully saturated rings. The van der Waals surface area contributed by atoms with Crippen molar-refractivity contribution in [3.05, 3.63) is 71.0 Å². The predicted octanol–water partition coefficient (Wildman–Crippen LogP) is 3.77. The summed E-state index contributed by atoms with van der Waals surface area (Å²) in [6.07, 6.45) is 1.96. The molecule has 2 aromatic rings. The molecule has 1 N–H and O–H groups in total. The highest BCUT2D eigenvalue weighted by Gasteiger charge is 2.22. The topological polar surface area (TPSA) is 38.3 Å². The van der Waals surface area contributed by atoms with Gasteiger partial charge in [-0.05, 0) is 62.1 Å². The summed E-state index contributed by atoms with van der Waals surface area (Å²) < 4.78 is 18.9. The summed E-state index contributed by atoms with van der Waals surface area (Å²) in [5.41, 5.74) is 1.70. The van der Waals surface area contributed by atoms with Crippen molar-refractivity contribution in [1.82, 2.24) is 5.32 Å². The Labute approximate surface area is 153 Å². The number of amides is 1. The highest BCUT2D eigenvalue weighted by atomic mass is 19.1. The highest BCUT2D eigenvalue weighted by molar-refractivity contribution is 5.94. The van der Waals surface area contributed by atoms with Crippen LogP contribution >= 0.6 is 0 Å². The zero-order valence-electron chi connectivity index (χ0n) is 14.8. The van der Waals surface area contributed by atoms with Crippen molar-refractivity contribution in [3.63, 3.8) is 0 Å². The quantitative estimate of drug-likeness (QED) is 0.855. The minimum atomic E-state index is -0.335. The summed E-state index contributed by atoms with van der Waals surface area (Å²) in [5, 5.41) is 3.07. The van der Waals surface area contributed by atoms with Crippen LogP contribution in [0, 0.1) is 23.6 Å². The van der Waals surface area contributed by atoms with Gasteiger partial charge in [0.05, 0.1) is 5.56 Å². The second-order valence-electron chi connectivity index (χ2n) is 6.52. The average molecular weight is 351 g/mol. The van der Waals surface area contributed by atoms with E-state index in [0.29, 0.717) is 17.0 Å². The summed E-state index contributed by atoms with van der Waals surface area (Å²) in [6.45, 7) is 3.57. The molecule has 26 heavy (non-hydrogen) atoms. The van der Waals surface area contributed by atoms with Gasteiger partial charge < -0.3 is 10.1 Å². The number of halogens is 1. The van der Waals surface area contributed by atoms with E-state index in [1.807, 2.05) is 6.92 Å². The van der Waals surface area contributed by atoms with Crippen molar-refractivity contribution >= 4 is 5.91 Å². The van der Waals surface area contributed by atoms with E-state index in [9.17, 15) is 9.18 Å². The fourth-order valence-electron chi connectivity index (χ4n) is 3.03. The fraction of sp³-hybridized carbons (Fsp3) is 0.318. The molecule has 3 rings (SSSR count). The molecule has 0 radical (unpaired) electrons. The van der Waals surface area contributed by atoms with E-state index in [4.69, 9.17) is 4.74 Å². The molecule has 3 nitrogen and oxygen atoms in total. The maximum absolute atomic E-state index is 13.6. The third kappa shape index (κ3) is 4.71. The molecule has 0 unspecified atom stereocenters. The molecule has 0 aliphatic carbocycles. The van der Waals surface area contributed by atoms with Gasteiger partial charge in [0.2, 0.25) is 0 Å². The second kappa shape index (κ2) is 8.64. The molecule has 0 aromatic heterocycles. The Morgan fingerprint density at radius 3 is 2.50 bits per heavy atom. The third-order valence-electron chi connectivity index (χ3n) is 4.69. The first kappa shape index (κ1) is 18.2. The lowest BCUT2D eigenvalue weighted by molar-refractivity contribution is 0.0538. The van der Waals surface area contributed by atoms with Gasteiger partial charge >= 0.3 is 0 Å². The van der Waals surface area contributed by atoms with Crippen LogP contribution in [0.1, 0.15) is 41.3 Å². The Hall–Kier alpha value is -2.64. The lowest BCUT2D eigenvalue weighted by Crippen LogP contribution is -2.40. The standard InChI is InChI=1S/C22H22FNO2/c1-16(18-12-14-26-15-13-18)24-22(25)20-10-7-17(8-11-20)6-9-19-4-2-3-5-21(19)23/h2-5,7-8,10-11,16,18H,12-15H2,1H3,(H,24,25)/t16-/m1/s1. The van der Waals surface area contributed by atoms with E-state index in [1.165, 1.54) is 6.07 Å². The molecular weight excluding hydrogens is 329 g/mol. The smallest absolute Gasteiger partial charge is 0.251 e. The maximum Gasteiger partial charge on any atom is 0.251 e. The normalized spacial score (nSPS) is 15.6. The SMILES string of the molecule is C[C@@H](NC(=O)c1ccc(C#Cc2ccccc2F)cc1)C1CCOCC1. The molecule has 0 spiro atoms. The van der Waals surface area contributed by atoms with Crippen LogP contribution in [0.3, 0.4) is 0 Å². The number of benzene rings is 2. The zero-order valence-corrected chi connectivity index (χ0v) is 14.8. The van der Waals surface area contributed by atoms with Gasteiger partial charge in [-0.15, -0.1) is 0 Å². The van der Waals surface area contributed by atoms with Crippen LogP contribution in [0.2, 0.25) is 0 Å². The third-order valence-corrected chi connectivity index (χ3v) is 4.69. The summed E-state index contributed by atoms with van der Waals surface area (Å²) in [5.74, 6) is 5.78. The largest absolute Gasteiger partial charge is 0.381 e. The average Bonchev–Trinajstić information content (AvgIpc) is 2.68. The molecule has 1 aliphatic heterocycles. The van der Waals surface area contributed by atoms with Gasteiger partial charge in [0.15, 0.2) is 0 Å². The van der Waals surface area contributed by atoms with Crippen molar-refractivity contribution in [1.29, 1.82) is 0 Å². The molecule has 1 amide bonds. The minimum Gasteiger partial charge on any atom is -0.381 e. The number of nitrogens with one attached hydrogen (secondary N) is 1. The molecule has 134 valence electrons. The summed E-state index contributed by atoms with van der Waals surface area (Å²) in [4.78, 5) is 12.4. The van der Waals surface area contributed by atoms with Gasteiger partial charge in [0.25, 0.3) is 5.91 Å². The number of rotatable bonds is 3. The lowest BCUT2D eigenvalue weighted by Gasteiger charge is -2.28. The number of hydrogen-bond acceptors (Lipinski definition) is 2. The fourth-order valence-corrected chi connectivity index (χ4v) is 3.03. The van der Waals surface area contributed by atoms with Crippen LogP contribution in [0.15, 0.2) is 48.5 Å². The van der Waals surface area contributed by atoms with Gasteiger partial charge in [-0.3, -0.25) is 4.79 Å². The van der Waals surface area contributed by atoms with E-state index in [-0.39, 0.29) is 17.8 Å². The predicted molar refractivity (Wildman–Crippen MR) is 99.3 cm³/mol. The van der Waals surface area contributed by atoms with Crippen LogP contribution in [-0.4, -0.2) is 25.2 Å². The van der Waals surface area contributed by atoms with Crippen molar-refractivity contribution in [2.45, 2.75) is 25.8 Å². The first-order valence-corrected chi connectivity index (χ1v) is 8.89. The Bertz CT molecular complexity index is 814. The highest BCUT2D eigenvalue weighted by Crippen LogP contribution is 2.19. The van der Waals surface area contributed by atoms with Gasteiger partial charge in [-0.1, -0.05) is 24.0 Å². The molecule has 1 heterocycles. The molecule has 4 heteroatoms. The van der Waals surface area contributed by atoms with Crippen molar-refractivity contribution in [2.24, 2.45) is 5.92 Å². The molecule has 1 atom stereocenters. The number of hydrogen-bond donors (Lipinski definition) is 1. The summed E-state index contributed by atoms with van der Waals surface area (Å²) in [6, 6.07) is 13.6. The summed E-state index contributed by atoms with van der Waals surface area (Å²) in [7, 11) is 0. The molecule has 1 saturated heterocycles. The van der Waals surface area contributed by atoms with Crippen LogP contribution in [-0.2, 0) is 4.74 Å². The van der Waals surface area contributed by atoms with Crippen molar-refractivity contribution in [3.8, 4) is 11.8 Å². The molecule has 1 aliphatic rings. The van der Waals surface area contributed by atoms with Gasteiger partial charge in [0.1, 0.15) is 5.82 Å². The summed E-state index contributed by atoms with van der Waals surface area (Å²) >= 11 is 0. The minimum absolute atomic E-state index is 0.0856. The Balaban J connectivity index is 1.62. The van der Waals surface area contributed by atoms with Gasteiger partial charge in [-0.25, -0.2) is 4.39 Å². The molecule has 0 bridgehead atoms. The Morgan fingerprint density at radius 1 is 1.12 bits per heavy atom. The molecule has 0 saturated carbocycles. The van der Waals surface area contributed by atoms with E-state index in [1.54, 1.807) is 42.5 Å². The first-order chi connectivity index (χ1) is 12.6. The van der Waals surface area contributed by atoms with E-state index < -0.39 is 0 Å². The first-order valence-electron chi connectivity index (χ1n) is 8.89.